The Balaban J connectivity index is 2.13. The number of hydrogen-bond donors (Lipinski definition) is 2. The Hall–Kier alpha value is -3.78. The third-order valence-corrected chi connectivity index (χ3v) is 4.60. The fraction of sp³-hybridized carbons (Fsp3) is 0.308. The average molecular weight is 470 g/mol. The number of esters is 1. The van der Waals surface area contributed by atoms with Gasteiger partial charge in [0.1, 0.15) is 24.2 Å². The summed E-state index contributed by atoms with van der Waals surface area (Å²) in [5.41, 5.74) is 2.23. The number of rotatable bonds is 12. The number of aliphatic hydroxyl groups is 1. The molecule has 0 fully saturated rings. The van der Waals surface area contributed by atoms with Crippen LogP contribution in [0.15, 0.2) is 72.3 Å². The zero-order valence-electron chi connectivity index (χ0n) is 19.7. The molecular formula is C26H31NO7. The SMILES string of the molecule is CCOC(=O)/C=C/C=C(\C)C[C@@H](OC(=O)Nc1ccc(OC)cc1)c1ccc(OCCO)cc1. The van der Waals surface area contributed by atoms with Crippen molar-refractivity contribution in [3.8, 4) is 11.5 Å². The van der Waals surface area contributed by atoms with Crippen molar-refractivity contribution in [2.24, 2.45) is 0 Å². The Labute approximate surface area is 199 Å². The molecule has 0 aliphatic carbocycles. The first-order valence-electron chi connectivity index (χ1n) is 10.9. The predicted octanol–water partition coefficient (Wildman–Crippen LogP) is 4.81. The van der Waals surface area contributed by atoms with Gasteiger partial charge in [0.2, 0.25) is 0 Å². The number of benzene rings is 2. The van der Waals surface area contributed by atoms with Crippen molar-refractivity contribution in [2.75, 3.05) is 32.2 Å². The summed E-state index contributed by atoms with van der Waals surface area (Å²) in [7, 11) is 1.57. The van der Waals surface area contributed by atoms with Crippen LogP contribution in [-0.4, -0.2) is 44.1 Å². The van der Waals surface area contributed by atoms with Crippen LogP contribution in [-0.2, 0) is 14.3 Å². The zero-order valence-corrected chi connectivity index (χ0v) is 19.7. The number of methoxy groups -OCH3 is 1. The number of ether oxygens (including phenoxy) is 4. The minimum atomic E-state index is -0.606. The van der Waals surface area contributed by atoms with Crippen molar-refractivity contribution < 1.29 is 33.6 Å². The van der Waals surface area contributed by atoms with E-state index < -0.39 is 18.2 Å². The molecule has 0 bridgehead atoms. The first kappa shape index (κ1) is 26.5. The molecule has 182 valence electrons. The van der Waals surface area contributed by atoms with E-state index in [1.165, 1.54) is 6.08 Å². The average Bonchev–Trinajstić information content (AvgIpc) is 2.83. The van der Waals surface area contributed by atoms with Crippen molar-refractivity contribution in [3.05, 3.63) is 77.9 Å². The molecule has 34 heavy (non-hydrogen) atoms. The number of allylic oxidation sites excluding steroid dienone is 2. The highest BCUT2D eigenvalue weighted by Crippen LogP contribution is 2.28. The molecule has 2 N–H and O–H groups in total. The van der Waals surface area contributed by atoms with E-state index in [0.29, 0.717) is 30.2 Å². The van der Waals surface area contributed by atoms with Gasteiger partial charge in [-0.3, -0.25) is 5.32 Å². The van der Waals surface area contributed by atoms with Crippen LogP contribution in [0.25, 0.3) is 0 Å². The Bertz CT molecular complexity index is 966. The van der Waals surface area contributed by atoms with Crippen LogP contribution >= 0.6 is 0 Å². The van der Waals surface area contributed by atoms with Crippen LogP contribution in [0.2, 0.25) is 0 Å². The lowest BCUT2D eigenvalue weighted by Crippen LogP contribution is -2.18. The van der Waals surface area contributed by atoms with Gasteiger partial charge in [-0.2, -0.15) is 0 Å². The van der Waals surface area contributed by atoms with Gasteiger partial charge in [-0.05, 0) is 55.8 Å². The van der Waals surface area contributed by atoms with E-state index in [0.717, 1.165) is 11.1 Å². The maximum Gasteiger partial charge on any atom is 0.412 e. The van der Waals surface area contributed by atoms with Gasteiger partial charge in [-0.15, -0.1) is 0 Å². The fourth-order valence-corrected chi connectivity index (χ4v) is 2.96. The van der Waals surface area contributed by atoms with Gasteiger partial charge in [0.05, 0.1) is 20.3 Å². The molecule has 1 atom stereocenters. The molecule has 0 radical (unpaired) electrons. The number of nitrogens with one attached hydrogen (secondary N) is 1. The fourth-order valence-electron chi connectivity index (χ4n) is 2.96. The lowest BCUT2D eigenvalue weighted by Gasteiger charge is -2.19. The van der Waals surface area contributed by atoms with E-state index in [1.807, 2.05) is 6.92 Å². The van der Waals surface area contributed by atoms with Crippen LogP contribution in [0.4, 0.5) is 10.5 Å². The highest BCUT2D eigenvalue weighted by atomic mass is 16.6. The Morgan fingerprint density at radius 3 is 2.35 bits per heavy atom. The molecular weight excluding hydrogens is 438 g/mol. The summed E-state index contributed by atoms with van der Waals surface area (Å²) < 4.78 is 21.1. The van der Waals surface area contributed by atoms with Gasteiger partial charge in [-0.1, -0.05) is 29.9 Å². The van der Waals surface area contributed by atoms with Gasteiger partial charge in [0.25, 0.3) is 0 Å². The van der Waals surface area contributed by atoms with Crippen molar-refractivity contribution in [1.29, 1.82) is 0 Å². The predicted molar refractivity (Wildman–Crippen MR) is 129 cm³/mol. The van der Waals surface area contributed by atoms with Crippen LogP contribution in [0.1, 0.15) is 31.9 Å². The van der Waals surface area contributed by atoms with Gasteiger partial charge >= 0.3 is 12.1 Å². The summed E-state index contributed by atoms with van der Waals surface area (Å²) >= 11 is 0. The lowest BCUT2D eigenvalue weighted by molar-refractivity contribution is -0.137. The number of aliphatic hydroxyl groups excluding tert-OH is 1. The minimum absolute atomic E-state index is 0.0810. The topological polar surface area (TPSA) is 103 Å². The molecule has 0 saturated heterocycles. The Morgan fingerprint density at radius 2 is 1.74 bits per heavy atom. The highest BCUT2D eigenvalue weighted by Gasteiger charge is 2.18. The van der Waals surface area contributed by atoms with Gasteiger partial charge in [0, 0.05) is 18.2 Å². The van der Waals surface area contributed by atoms with E-state index in [4.69, 9.17) is 24.1 Å². The minimum Gasteiger partial charge on any atom is -0.497 e. The number of anilines is 1. The second-order valence-electron chi connectivity index (χ2n) is 7.22. The van der Waals surface area contributed by atoms with Gasteiger partial charge in [-0.25, -0.2) is 9.59 Å². The first-order valence-corrected chi connectivity index (χ1v) is 10.9. The number of amides is 1. The van der Waals surface area contributed by atoms with E-state index >= 15 is 0 Å². The molecule has 2 aromatic carbocycles. The second kappa shape index (κ2) is 14.4. The largest absolute Gasteiger partial charge is 0.497 e. The number of carbonyl (C=O) groups excluding carboxylic acids is 2. The van der Waals surface area contributed by atoms with Crippen LogP contribution < -0.4 is 14.8 Å². The monoisotopic (exact) mass is 469 g/mol. The van der Waals surface area contributed by atoms with Crippen LogP contribution in [0.5, 0.6) is 11.5 Å². The first-order chi connectivity index (χ1) is 16.4. The van der Waals surface area contributed by atoms with E-state index in [9.17, 15) is 9.59 Å². The molecule has 8 nitrogen and oxygen atoms in total. The summed E-state index contributed by atoms with van der Waals surface area (Å²) in [4.78, 5) is 24.1. The summed E-state index contributed by atoms with van der Waals surface area (Å²) in [5, 5.41) is 11.6. The third kappa shape index (κ3) is 9.38. The zero-order chi connectivity index (χ0) is 24.8. The Kier molecular flexibility index (Phi) is 11.2. The molecule has 0 aliphatic heterocycles. The van der Waals surface area contributed by atoms with Crippen molar-refractivity contribution in [1.82, 2.24) is 0 Å². The summed E-state index contributed by atoms with van der Waals surface area (Å²) in [6.45, 7) is 4.04. The molecule has 1 amide bonds. The molecule has 0 aromatic heterocycles. The van der Waals surface area contributed by atoms with Crippen LogP contribution in [0.3, 0.4) is 0 Å². The smallest absolute Gasteiger partial charge is 0.412 e. The number of carbonyl (C=O) groups is 2. The number of hydrogen-bond acceptors (Lipinski definition) is 7. The molecule has 0 spiro atoms. The van der Waals surface area contributed by atoms with E-state index in [2.05, 4.69) is 5.32 Å². The molecule has 0 unspecified atom stereocenters. The van der Waals surface area contributed by atoms with Crippen molar-refractivity contribution in [2.45, 2.75) is 26.4 Å². The quantitative estimate of drug-likeness (QED) is 0.261. The summed E-state index contributed by atoms with van der Waals surface area (Å²) in [6.07, 6.45) is 3.93. The van der Waals surface area contributed by atoms with Gasteiger partial charge < -0.3 is 24.1 Å². The maximum atomic E-state index is 12.6. The third-order valence-electron chi connectivity index (χ3n) is 4.60. The van der Waals surface area contributed by atoms with Crippen molar-refractivity contribution in [3.63, 3.8) is 0 Å². The Morgan fingerprint density at radius 1 is 1.06 bits per heavy atom. The highest BCUT2D eigenvalue weighted by molar-refractivity contribution is 5.85. The van der Waals surface area contributed by atoms with E-state index in [-0.39, 0.29) is 13.2 Å². The van der Waals surface area contributed by atoms with Crippen LogP contribution in [0, 0.1) is 0 Å². The van der Waals surface area contributed by atoms with Gasteiger partial charge in [0.15, 0.2) is 0 Å². The molecule has 2 rings (SSSR count). The van der Waals surface area contributed by atoms with Crippen molar-refractivity contribution >= 4 is 17.7 Å². The molecule has 0 saturated carbocycles. The lowest BCUT2D eigenvalue weighted by atomic mass is 10.0. The maximum absolute atomic E-state index is 12.6. The van der Waals surface area contributed by atoms with E-state index in [1.54, 1.807) is 74.7 Å². The molecule has 0 heterocycles. The molecule has 2 aromatic rings. The standard InChI is InChI=1S/C26H31NO7/c1-4-32-25(29)7-5-6-19(2)18-24(20-8-12-23(13-9-20)33-17-16-28)34-26(30)27-21-10-14-22(31-3)15-11-21/h5-15,24,28H,4,16-18H2,1-3H3,(H,27,30)/b7-5+,19-6+/t24-/m1/s1. The second-order valence-corrected chi connectivity index (χ2v) is 7.22. The molecule has 0 aliphatic rings. The summed E-state index contributed by atoms with van der Waals surface area (Å²) in [5.74, 6) is 0.859. The normalized spacial score (nSPS) is 12.2. The molecule has 8 heteroatoms. The summed E-state index contributed by atoms with van der Waals surface area (Å²) in [6, 6.07) is 14.0.